The second-order valence-electron chi connectivity index (χ2n) is 4.53. The highest BCUT2D eigenvalue weighted by molar-refractivity contribution is 7.09. The Balaban J connectivity index is 2.85. The number of rotatable bonds is 10. The minimum absolute atomic E-state index is 0.884. The van der Waals surface area contributed by atoms with Crippen LogP contribution in [0, 0.1) is 5.92 Å². The van der Waals surface area contributed by atoms with Crippen LogP contribution in [0.2, 0.25) is 0 Å². The first-order valence-corrected chi connectivity index (χ1v) is 6.56. The summed E-state index contributed by atoms with van der Waals surface area (Å²) in [5.74, 6) is 0.884. The summed E-state index contributed by atoms with van der Waals surface area (Å²) in [6.45, 7) is 5.52. The zero-order valence-corrected chi connectivity index (χ0v) is 11.1. The van der Waals surface area contributed by atoms with E-state index in [1.807, 2.05) is 0 Å². The van der Waals surface area contributed by atoms with Gasteiger partial charge in [-0.2, -0.15) is 0 Å². The highest BCUT2D eigenvalue weighted by Crippen LogP contribution is 2.11. The zero-order valence-electron chi connectivity index (χ0n) is 9.93. The molecule has 0 aliphatic heterocycles. The summed E-state index contributed by atoms with van der Waals surface area (Å²) in [6.07, 6.45) is 11.0. The standard InChI is InChI=1S/C12H27OP/c1-12(2)10-8-6-4-3-5-7-9-11-13-14/h12H,3-11,14H2,1-2H3. The largest absolute Gasteiger partial charge is 0.366 e. The van der Waals surface area contributed by atoms with Crippen molar-refractivity contribution in [3.05, 3.63) is 0 Å². The molecule has 1 nitrogen and oxygen atoms in total. The third-order valence-corrected chi connectivity index (χ3v) is 2.78. The molecule has 0 amide bonds. The van der Waals surface area contributed by atoms with Crippen molar-refractivity contribution in [2.45, 2.75) is 65.2 Å². The molecule has 86 valence electrons. The number of hydrogen-bond acceptors (Lipinski definition) is 1. The summed E-state index contributed by atoms with van der Waals surface area (Å²) in [7, 11) is 2.31. The van der Waals surface area contributed by atoms with Crippen LogP contribution < -0.4 is 0 Å². The highest BCUT2D eigenvalue weighted by Gasteiger charge is 1.94. The van der Waals surface area contributed by atoms with Gasteiger partial charge in [0.2, 0.25) is 0 Å². The maximum Gasteiger partial charge on any atom is 0.0501 e. The lowest BCUT2D eigenvalue weighted by atomic mass is 10.0. The molecule has 0 aliphatic rings. The Morgan fingerprint density at radius 2 is 1.36 bits per heavy atom. The quantitative estimate of drug-likeness (QED) is 0.385. The predicted octanol–water partition coefficient (Wildman–Crippen LogP) is 4.57. The molecule has 0 fully saturated rings. The Morgan fingerprint density at radius 1 is 0.857 bits per heavy atom. The molecule has 0 bridgehead atoms. The molecule has 1 unspecified atom stereocenters. The lowest BCUT2D eigenvalue weighted by Crippen LogP contribution is -1.88. The molecule has 0 aliphatic carbocycles. The van der Waals surface area contributed by atoms with Crippen molar-refractivity contribution in [2.75, 3.05) is 6.61 Å². The monoisotopic (exact) mass is 218 g/mol. The van der Waals surface area contributed by atoms with Crippen LogP contribution in [-0.2, 0) is 4.52 Å². The molecule has 0 radical (unpaired) electrons. The van der Waals surface area contributed by atoms with Gasteiger partial charge in [-0.3, -0.25) is 0 Å². The average Bonchev–Trinajstić information content (AvgIpc) is 2.15. The molecule has 0 N–H and O–H groups in total. The molecule has 2 heteroatoms. The third-order valence-electron chi connectivity index (χ3n) is 2.54. The minimum atomic E-state index is 0.884. The average molecular weight is 218 g/mol. The molecule has 0 heterocycles. The van der Waals surface area contributed by atoms with Crippen LogP contribution in [0.1, 0.15) is 65.2 Å². The third kappa shape index (κ3) is 12.4. The normalized spacial score (nSPS) is 11.1. The van der Waals surface area contributed by atoms with Gasteiger partial charge in [-0.15, -0.1) is 0 Å². The molecule has 0 saturated carbocycles. The van der Waals surface area contributed by atoms with Gasteiger partial charge in [0.25, 0.3) is 0 Å². The fraction of sp³-hybridized carbons (Fsp3) is 1.00. The molecule has 0 aromatic heterocycles. The van der Waals surface area contributed by atoms with Gasteiger partial charge in [-0.05, 0) is 12.3 Å². The first kappa shape index (κ1) is 14.4. The van der Waals surface area contributed by atoms with E-state index in [1.165, 1.54) is 51.4 Å². The van der Waals surface area contributed by atoms with E-state index in [9.17, 15) is 0 Å². The van der Waals surface area contributed by atoms with Crippen LogP contribution in [0.3, 0.4) is 0 Å². The molecule has 0 spiro atoms. The van der Waals surface area contributed by atoms with E-state index < -0.39 is 0 Å². The highest BCUT2D eigenvalue weighted by atomic mass is 31.0. The molecule has 0 aromatic rings. The van der Waals surface area contributed by atoms with Crippen LogP contribution in [0.25, 0.3) is 0 Å². The molecular weight excluding hydrogens is 191 g/mol. The Kier molecular flexibility index (Phi) is 11.8. The fourth-order valence-corrected chi connectivity index (χ4v) is 1.79. The molecule has 0 aromatic carbocycles. The van der Waals surface area contributed by atoms with Crippen molar-refractivity contribution < 1.29 is 4.52 Å². The van der Waals surface area contributed by atoms with Crippen LogP contribution in [0.4, 0.5) is 0 Å². The second kappa shape index (κ2) is 11.5. The van der Waals surface area contributed by atoms with Crippen LogP contribution in [-0.4, -0.2) is 6.61 Å². The van der Waals surface area contributed by atoms with Gasteiger partial charge >= 0.3 is 0 Å². The smallest absolute Gasteiger partial charge is 0.0501 e. The van der Waals surface area contributed by atoms with Crippen molar-refractivity contribution in [1.82, 2.24) is 0 Å². The fourth-order valence-electron chi connectivity index (χ4n) is 1.62. The summed E-state index contributed by atoms with van der Waals surface area (Å²) < 4.78 is 4.93. The van der Waals surface area contributed by atoms with Gasteiger partial charge in [0.05, 0.1) is 6.61 Å². The van der Waals surface area contributed by atoms with Crippen LogP contribution in [0.15, 0.2) is 0 Å². The van der Waals surface area contributed by atoms with Gasteiger partial charge in [0.1, 0.15) is 0 Å². The van der Waals surface area contributed by atoms with E-state index in [2.05, 4.69) is 23.3 Å². The maximum absolute atomic E-state index is 4.93. The van der Waals surface area contributed by atoms with Crippen molar-refractivity contribution in [1.29, 1.82) is 0 Å². The maximum atomic E-state index is 4.93. The van der Waals surface area contributed by atoms with E-state index in [-0.39, 0.29) is 0 Å². The van der Waals surface area contributed by atoms with Gasteiger partial charge in [0.15, 0.2) is 0 Å². The van der Waals surface area contributed by atoms with E-state index in [1.54, 1.807) is 0 Å². The Bertz CT molecular complexity index is 104. The van der Waals surface area contributed by atoms with Crippen molar-refractivity contribution >= 4 is 9.47 Å². The SMILES string of the molecule is CC(C)CCCCCCCCCOP. The number of hydrogen-bond donors (Lipinski definition) is 0. The lowest BCUT2D eigenvalue weighted by molar-refractivity contribution is 0.352. The first-order chi connectivity index (χ1) is 6.77. The van der Waals surface area contributed by atoms with Crippen molar-refractivity contribution in [3.63, 3.8) is 0 Å². The summed E-state index contributed by atoms with van der Waals surface area (Å²) in [4.78, 5) is 0. The molecule has 0 saturated heterocycles. The van der Waals surface area contributed by atoms with Crippen molar-refractivity contribution in [2.24, 2.45) is 5.92 Å². The molecule has 14 heavy (non-hydrogen) atoms. The Labute approximate surface area is 92.3 Å². The minimum Gasteiger partial charge on any atom is -0.366 e. The van der Waals surface area contributed by atoms with Crippen LogP contribution in [0.5, 0.6) is 0 Å². The topological polar surface area (TPSA) is 9.23 Å². The predicted molar refractivity (Wildman–Crippen MR) is 67.4 cm³/mol. The lowest BCUT2D eigenvalue weighted by Gasteiger charge is -2.04. The molecular formula is C12H27OP. The Morgan fingerprint density at radius 3 is 1.86 bits per heavy atom. The second-order valence-corrected chi connectivity index (χ2v) is 4.86. The van der Waals surface area contributed by atoms with E-state index >= 15 is 0 Å². The summed E-state index contributed by atoms with van der Waals surface area (Å²) in [5, 5.41) is 0. The van der Waals surface area contributed by atoms with Gasteiger partial charge in [-0.1, -0.05) is 58.8 Å². The molecule has 1 atom stereocenters. The number of unbranched alkanes of at least 4 members (excludes halogenated alkanes) is 6. The van der Waals surface area contributed by atoms with Crippen molar-refractivity contribution in [3.8, 4) is 0 Å². The van der Waals surface area contributed by atoms with Gasteiger partial charge < -0.3 is 4.52 Å². The van der Waals surface area contributed by atoms with E-state index in [0.29, 0.717) is 0 Å². The van der Waals surface area contributed by atoms with Gasteiger partial charge in [0, 0.05) is 9.47 Å². The zero-order chi connectivity index (χ0) is 10.6. The van der Waals surface area contributed by atoms with Gasteiger partial charge in [-0.25, -0.2) is 0 Å². The van der Waals surface area contributed by atoms with E-state index in [4.69, 9.17) is 4.52 Å². The van der Waals surface area contributed by atoms with Crippen LogP contribution >= 0.6 is 9.47 Å². The summed E-state index contributed by atoms with van der Waals surface area (Å²) in [5.41, 5.74) is 0. The van der Waals surface area contributed by atoms with E-state index in [0.717, 1.165) is 12.5 Å². The summed E-state index contributed by atoms with van der Waals surface area (Å²) in [6, 6.07) is 0. The molecule has 0 rings (SSSR count). The summed E-state index contributed by atoms with van der Waals surface area (Å²) >= 11 is 0. The first-order valence-electron chi connectivity index (χ1n) is 6.09. The Hall–Kier alpha value is 0.390.